The molecule has 170 valence electrons. The highest BCUT2D eigenvalue weighted by atomic mass is 32.2. The predicted molar refractivity (Wildman–Crippen MR) is 119 cm³/mol. The Bertz CT molecular complexity index is 1210. The van der Waals surface area contributed by atoms with E-state index < -0.39 is 27.6 Å². The molecule has 12 heteroatoms. The van der Waals surface area contributed by atoms with Crippen LogP contribution >= 0.6 is 11.8 Å². The van der Waals surface area contributed by atoms with Crippen molar-refractivity contribution in [1.29, 1.82) is 0 Å². The molecule has 0 saturated heterocycles. The predicted octanol–water partition coefficient (Wildman–Crippen LogP) is 3.10. The lowest BCUT2D eigenvalue weighted by Crippen LogP contribution is -2.30. The van der Waals surface area contributed by atoms with Crippen LogP contribution in [0.25, 0.3) is 0 Å². The van der Waals surface area contributed by atoms with Gasteiger partial charge in [-0.05, 0) is 31.2 Å². The van der Waals surface area contributed by atoms with E-state index in [2.05, 4.69) is 15.5 Å². The summed E-state index contributed by atoms with van der Waals surface area (Å²) in [6, 6.07) is 9.78. The number of nitrogens with one attached hydrogen (secondary N) is 1. The zero-order valence-electron chi connectivity index (χ0n) is 17.5. The number of hydrogen-bond acceptors (Lipinski definition) is 6. The number of carbonyl (C=O) groups excluding carboxylic acids is 1. The van der Waals surface area contributed by atoms with Gasteiger partial charge >= 0.3 is 0 Å². The van der Waals surface area contributed by atoms with Crippen LogP contribution in [0.5, 0.6) is 0 Å². The molecule has 0 fully saturated rings. The highest BCUT2D eigenvalue weighted by molar-refractivity contribution is 7.99. The minimum Gasteiger partial charge on any atom is -0.325 e. The summed E-state index contributed by atoms with van der Waals surface area (Å²) in [5.74, 6) is -1.78. The maximum absolute atomic E-state index is 13.3. The zero-order chi connectivity index (χ0) is 23.5. The fraction of sp³-hybridized carbons (Fsp3) is 0.250. The first kappa shape index (κ1) is 23.7. The molecular formula is C20H21F2N5O3S2. The number of amides is 1. The van der Waals surface area contributed by atoms with Crippen molar-refractivity contribution in [2.24, 2.45) is 7.05 Å². The molecule has 0 aliphatic heterocycles. The number of anilines is 2. The van der Waals surface area contributed by atoms with Crippen molar-refractivity contribution in [1.82, 2.24) is 14.8 Å². The van der Waals surface area contributed by atoms with Crippen LogP contribution in [0.2, 0.25) is 0 Å². The molecule has 0 bridgehead atoms. The van der Waals surface area contributed by atoms with Gasteiger partial charge in [-0.3, -0.25) is 9.10 Å². The molecule has 0 spiro atoms. The van der Waals surface area contributed by atoms with Gasteiger partial charge in [0, 0.05) is 18.8 Å². The van der Waals surface area contributed by atoms with Gasteiger partial charge < -0.3 is 9.88 Å². The highest BCUT2D eigenvalue weighted by Gasteiger charge is 2.21. The van der Waals surface area contributed by atoms with Crippen LogP contribution < -0.4 is 9.62 Å². The van der Waals surface area contributed by atoms with Gasteiger partial charge in [0.2, 0.25) is 15.9 Å². The topological polar surface area (TPSA) is 97.2 Å². The van der Waals surface area contributed by atoms with E-state index in [9.17, 15) is 22.0 Å². The van der Waals surface area contributed by atoms with Gasteiger partial charge in [0.15, 0.2) is 11.0 Å². The van der Waals surface area contributed by atoms with Crippen LogP contribution in [-0.2, 0) is 28.4 Å². The van der Waals surface area contributed by atoms with Crippen LogP contribution in [0, 0.1) is 18.6 Å². The van der Waals surface area contributed by atoms with Crippen molar-refractivity contribution < 1.29 is 22.0 Å². The maximum atomic E-state index is 13.3. The van der Waals surface area contributed by atoms with Gasteiger partial charge in [-0.25, -0.2) is 17.2 Å². The first-order chi connectivity index (χ1) is 15.0. The van der Waals surface area contributed by atoms with Crippen molar-refractivity contribution >= 4 is 39.1 Å². The molecule has 0 atom stereocenters. The molecule has 3 rings (SSSR count). The summed E-state index contributed by atoms with van der Waals surface area (Å²) in [6.07, 6.45) is 1.11. The van der Waals surface area contributed by atoms with Gasteiger partial charge in [-0.1, -0.05) is 29.5 Å². The molecule has 32 heavy (non-hydrogen) atoms. The van der Waals surface area contributed by atoms with Crippen molar-refractivity contribution in [2.45, 2.75) is 18.6 Å². The zero-order valence-corrected chi connectivity index (χ0v) is 19.2. The van der Waals surface area contributed by atoms with Crippen LogP contribution in [-0.4, -0.2) is 41.1 Å². The van der Waals surface area contributed by atoms with E-state index in [1.54, 1.807) is 23.7 Å². The summed E-state index contributed by atoms with van der Waals surface area (Å²) in [5, 5.41) is 10.9. The van der Waals surface area contributed by atoms with Crippen molar-refractivity contribution in [3.63, 3.8) is 0 Å². The number of aromatic nitrogens is 3. The average molecular weight is 482 g/mol. The summed E-state index contributed by atoms with van der Waals surface area (Å²) in [4.78, 5) is 12.1. The molecule has 8 nitrogen and oxygen atoms in total. The second-order valence-corrected chi connectivity index (χ2v) is 9.91. The molecule has 0 saturated carbocycles. The lowest BCUT2D eigenvalue weighted by molar-refractivity contribution is -0.113. The monoisotopic (exact) mass is 481 g/mol. The molecule has 3 aromatic rings. The van der Waals surface area contributed by atoms with E-state index in [1.807, 2.05) is 19.1 Å². The normalized spacial score (nSPS) is 11.4. The van der Waals surface area contributed by atoms with Gasteiger partial charge in [0.1, 0.15) is 11.6 Å². The Morgan fingerprint density at radius 3 is 2.34 bits per heavy atom. The van der Waals surface area contributed by atoms with E-state index in [-0.39, 0.29) is 18.0 Å². The number of thioether (sulfide) groups is 1. The minimum absolute atomic E-state index is 0.00801. The smallest absolute Gasteiger partial charge is 0.234 e. The molecule has 0 aliphatic rings. The lowest BCUT2D eigenvalue weighted by atomic mass is 10.2. The Kier molecular flexibility index (Phi) is 7.14. The van der Waals surface area contributed by atoms with Crippen LogP contribution in [0.3, 0.4) is 0 Å². The standard InChI is InChI=1S/C20H21F2N5O3S2/c1-13-4-6-17(7-5-13)27(32(3,29)30)11-18-24-25-20(26(18)2)31-12-19(28)23-16-9-14(21)8-15(22)10-16/h4-10H,11-12H2,1-3H3,(H,23,28). The molecule has 0 radical (unpaired) electrons. The first-order valence-electron chi connectivity index (χ1n) is 9.34. The van der Waals surface area contributed by atoms with Crippen molar-refractivity contribution in [3.05, 3.63) is 65.5 Å². The second-order valence-electron chi connectivity index (χ2n) is 7.06. The molecule has 0 aliphatic carbocycles. The lowest BCUT2D eigenvalue weighted by Gasteiger charge is -2.22. The van der Waals surface area contributed by atoms with Crippen molar-refractivity contribution in [2.75, 3.05) is 21.6 Å². The van der Waals surface area contributed by atoms with E-state index >= 15 is 0 Å². The molecule has 0 unspecified atom stereocenters. The number of sulfonamides is 1. The van der Waals surface area contributed by atoms with Crippen LogP contribution in [0.1, 0.15) is 11.4 Å². The Balaban J connectivity index is 1.68. The third-order valence-corrected chi connectivity index (χ3v) is 6.57. The van der Waals surface area contributed by atoms with Crippen LogP contribution in [0.15, 0.2) is 47.6 Å². The maximum Gasteiger partial charge on any atom is 0.234 e. The SMILES string of the molecule is Cc1ccc(N(Cc2nnc(SCC(=O)Nc3cc(F)cc(F)c3)n2C)S(C)(=O)=O)cc1. The third kappa shape index (κ3) is 6.04. The fourth-order valence-corrected chi connectivity index (χ4v) is 4.39. The van der Waals surface area contributed by atoms with Crippen molar-refractivity contribution in [3.8, 4) is 0 Å². The first-order valence-corrected chi connectivity index (χ1v) is 12.2. The second kappa shape index (κ2) is 9.65. The molecule has 1 amide bonds. The Labute approximate surface area is 188 Å². The quantitative estimate of drug-likeness (QED) is 0.497. The Morgan fingerprint density at radius 2 is 1.75 bits per heavy atom. The fourth-order valence-electron chi connectivity index (χ4n) is 2.80. The van der Waals surface area contributed by atoms with Crippen LogP contribution in [0.4, 0.5) is 20.2 Å². The summed E-state index contributed by atoms with van der Waals surface area (Å²) in [5.41, 5.74) is 1.50. The molecular weight excluding hydrogens is 460 g/mol. The Hall–Kier alpha value is -2.99. The number of rotatable bonds is 8. The summed E-state index contributed by atoms with van der Waals surface area (Å²) in [6.45, 7) is 1.86. The summed E-state index contributed by atoms with van der Waals surface area (Å²) in [7, 11) is -1.92. The summed E-state index contributed by atoms with van der Waals surface area (Å²) < 4.78 is 54.0. The minimum atomic E-state index is -3.58. The number of hydrogen-bond donors (Lipinski definition) is 1. The van der Waals surface area contributed by atoms with E-state index in [0.29, 0.717) is 22.7 Å². The van der Waals surface area contributed by atoms with Gasteiger partial charge in [-0.2, -0.15) is 0 Å². The molecule has 1 aromatic heterocycles. The number of carbonyl (C=O) groups is 1. The van der Waals surface area contributed by atoms with E-state index in [1.165, 1.54) is 4.31 Å². The van der Waals surface area contributed by atoms with Gasteiger partial charge in [-0.15, -0.1) is 10.2 Å². The highest BCUT2D eigenvalue weighted by Crippen LogP contribution is 2.23. The molecule has 1 N–H and O–H groups in total. The summed E-state index contributed by atoms with van der Waals surface area (Å²) >= 11 is 1.06. The van der Waals surface area contributed by atoms with Gasteiger partial charge in [0.25, 0.3) is 0 Å². The van der Waals surface area contributed by atoms with E-state index in [0.717, 1.165) is 35.7 Å². The van der Waals surface area contributed by atoms with E-state index in [4.69, 9.17) is 0 Å². The molecule has 1 heterocycles. The third-order valence-electron chi connectivity index (χ3n) is 4.41. The Morgan fingerprint density at radius 1 is 1.12 bits per heavy atom. The van der Waals surface area contributed by atoms with Gasteiger partial charge in [0.05, 0.1) is 24.2 Å². The average Bonchev–Trinajstić information content (AvgIpc) is 3.03. The largest absolute Gasteiger partial charge is 0.325 e. The number of benzene rings is 2. The number of nitrogens with zero attached hydrogens (tertiary/aromatic N) is 4. The number of halogens is 2. The number of aryl methyl sites for hydroxylation is 1. The molecule has 2 aromatic carbocycles.